The molecule has 7 nitrogen and oxygen atoms in total. The molecule has 0 fully saturated rings. The molecule has 4 aromatic rings. The maximum absolute atomic E-state index is 12.6. The van der Waals surface area contributed by atoms with Crippen LogP contribution in [0.4, 0.5) is 5.13 Å². The second-order valence-electron chi connectivity index (χ2n) is 5.88. The second kappa shape index (κ2) is 9.68. The average Bonchev–Trinajstić information content (AvgIpc) is 3.52. The number of furan rings is 1. The molecule has 3 aromatic heterocycles. The van der Waals surface area contributed by atoms with Gasteiger partial charge in [-0.2, -0.15) is 0 Å². The van der Waals surface area contributed by atoms with E-state index in [-0.39, 0.29) is 17.7 Å². The van der Waals surface area contributed by atoms with E-state index in [9.17, 15) is 4.79 Å². The van der Waals surface area contributed by atoms with E-state index in [0.717, 1.165) is 20.7 Å². The number of amides is 1. The van der Waals surface area contributed by atoms with E-state index in [0.29, 0.717) is 11.7 Å². The summed E-state index contributed by atoms with van der Waals surface area (Å²) in [6.07, 6.45) is 3.38. The summed E-state index contributed by atoms with van der Waals surface area (Å²) < 4.78 is 6.01. The van der Waals surface area contributed by atoms with Crippen LogP contribution in [-0.2, 0) is 11.3 Å². The Morgan fingerprint density at radius 3 is 2.83 bits per heavy atom. The highest BCUT2D eigenvalue weighted by Gasteiger charge is 2.19. The van der Waals surface area contributed by atoms with Gasteiger partial charge >= 0.3 is 0 Å². The molecule has 0 saturated carbocycles. The predicted octanol–water partition coefficient (Wildman–Crippen LogP) is 4.20. The van der Waals surface area contributed by atoms with Gasteiger partial charge in [0, 0.05) is 11.6 Å². The van der Waals surface area contributed by atoms with E-state index in [1.165, 1.54) is 34.4 Å². The maximum atomic E-state index is 12.6. The van der Waals surface area contributed by atoms with Crippen LogP contribution in [0.25, 0.3) is 0 Å². The smallest absolute Gasteiger partial charge is 0.231 e. The third-order valence-corrected chi connectivity index (χ3v) is 6.72. The van der Waals surface area contributed by atoms with Gasteiger partial charge in [-0.25, -0.2) is 4.98 Å². The first kappa shape index (κ1) is 19.6. The number of thiazole rings is 1. The minimum absolute atomic E-state index is 0.0839. The van der Waals surface area contributed by atoms with Gasteiger partial charge < -0.3 is 15.1 Å². The Bertz CT molecular complexity index is 1020. The molecule has 148 valence electrons. The van der Waals surface area contributed by atoms with Crippen LogP contribution in [0.1, 0.15) is 22.4 Å². The predicted molar refractivity (Wildman–Crippen MR) is 115 cm³/mol. The van der Waals surface area contributed by atoms with Crippen LogP contribution in [0.5, 0.6) is 0 Å². The van der Waals surface area contributed by atoms with Crippen LogP contribution in [0.15, 0.2) is 69.1 Å². The summed E-state index contributed by atoms with van der Waals surface area (Å²) in [6, 6.07) is 13.3. The molecule has 1 atom stereocenters. The quantitative estimate of drug-likeness (QED) is 0.375. The minimum Gasteiger partial charge on any atom is -0.467 e. The lowest BCUT2D eigenvalue weighted by Gasteiger charge is -2.16. The number of carbonyl (C=O) groups is 1. The molecule has 0 spiro atoms. The highest BCUT2D eigenvalue weighted by atomic mass is 32.2. The molecule has 1 amide bonds. The summed E-state index contributed by atoms with van der Waals surface area (Å²) in [5, 5.41) is 17.9. The number of rotatable bonds is 9. The van der Waals surface area contributed by atoms with Crippen molar-refractivity contribution in [1.29, 1.82) is 0 Å². The molecule has 0 aliphatic rings. The first-order chi connectivity index (χ1) is 14.3. The highest BCUT2D eigenvalue weighted by molar-refractivity contribution is 8.01. The topological polar surface area (TPSA) is 92.9 Å². The molecule has 2 N–H and O–H groups in total. The summed E-state index contributed by atoms with van der Waals surface area (Å²) in [5.41, 5.74) is 1.00. The van der Waals surface area contributed by atoms with E-state index in [2.05, 4.69) is 25.8 Å². The normalized spacial score (nSPS) is 11.9. The van der Waals surface area contributed by atoms with Gasteiger partial charge in [0.05, 0.1) is 18.6 Å². The number of nitrogens with zero attached hydrogens (tertiary/aromatic N) is 3. The summed E-state index contributed by atoms with van der Waals surface area (Å²) in [7, 11) is 0. The first-order valence-electron chi connectivity index (χ1n) is 8.74. The van der Waals surface area contributed by atoms with Crippen molar-refractivity contribution in [2.24, 2.45) is 0 Å². The van der Waals surface area contributed by atoms with Gasteiger partial charge in [0.15, 0.2) is 4.34 Å². The zero-order chi connectivity index (χ0) is 19.9. The molecule has 29 heavy (non-hydrogen) atoms. The van der Waals surface area contributed by atoms with Crippen molar-refractivity contribution in [1.82, 2.24) is 20.5 Å². The van der Waals surface area contributed by atoms with E-state index < -0.39 is 0 Å². The number of anilines is 1. The lowest BCUT2D eigenvalue weighted by molar-refractivity contribution is -0.119. The molecular formula is C19H17N5O2S3. The number of carbonyl (C=O) groups excluding carboxylic acids is 1. The van der Waals surface area contributed by atoms with E-state index in [1.807, 2.05) is 47.8 Å². The number of benzene rings is 1. The molecule has 1 aromatic carbocycles. The maximum Gasteiger partial charge on any atom is 0.231 e. The lowest BCUT2D eigenvalue weighted by Crippen LogP contribution is -2.30. The second-order valence-corrected chi connectivity index (χ2v) is 9.00. The van der Waals surface area contributed by atoms with E-state index >= 15 is 0 Å². The van der Waals surface area contributed by atoms with E-state index in [4.69, 9.17) is 4.42 Å². The van der Waals surface area contributed by atoms with Gasteiger partial charge in [-0.3, -0.25) is 4.79 Å². The van der Waals surface area contributed by atoms with E-state index in [1.54, 1.807) is 12.5 Å². The van der Waals surface area contributed by atoms with Crippen LogP contribution < -0.4 is 10.6 Å². The molecule has 3 heterocycles. The zero-order valence-electron chi connectivity index (χ0n) is 15.1. The van der Waals surface area contributed by atoms with Crippen molar-refractivity contribution in [2.75, 3.05) is 11.1 Å². The monoisotopic (exact) mass is 443 g/mol. The fourth-order valence-electron chi connectivity index (χ4n) is 2.56. The fraction of sp³-hybridized carbons (Fsp3) is 0.158. The molecule has 0 saturated heterocycles. The summed E-state index contributed by atoms with van der Waals surface area (Å²) in [6.45, 7) is 0.541. The van der Waals surface area contributed by atoms with Gasteiger partial charge in [-0.1, -0.05) is 53.4 Å². The zero-order valence-corrected chi connectivity index (χ0v) is 17.6. The SMILES string of the molecule is O=C(CSc1nnc(NCc2ccco2)s1)NC(c1ccccc1)c1nccs1. The molecule has 0 bridgehead atoms. The van der Waals surface area contributed by atoms with Crippen molar-refractivity contribution >= 4 is 45.5 Å². The lowest BCUT2D eigenvalue weighted by atomic mass is 10.1. The molecule has 0 aliphatic heterocycles. The Hall–Kier alpha value is -2.69. The van der Waals surface area contributed by atoms with Crippen LogP contribution in [0, 0.1) is 0 Å². The van der Waals surface area contributed by atoms with Crippen LogP contribution in [0.3, 0.4) is 0 Å². The number of nitrogens with one attached hydrogen (secondary N) is 2. The van der Waals surface area contributed by atoms with Crippen molar-refractivity contribution in [2.45, 2.75) is 16.9 Å². The standard InChI is InChI=1S/C19H17N5O2S3/c25-15(22-16(17-20-8-10-27-17)13-5-2-1-3-6-13)12-28-19-24-23-18(29-19)21-11-14-7-4-9-26-14/h1-10,16H,11-12H2,(H,21,23)(H,22,25). The number of aromatic nitrogens is 3. The fourth-order valence-corrected chi connectivity index (χ4v) is 4.83. The van der Waals surface area contributed by atoms with Crippen LogP contribution >= 0.6 is 34.4 Å². The van der Waals surface area contributed by atoms with Gasteiger partial charge in [-0.15, -0.1) is 21.5 Å². The van der Waals surface area contributed by atoms with Crippen molar-refractivity contribution in [3.8, 4) is 0 Å². The summed E-state index contributed by atoms with van der Waals surface area (Å²) in [4.78, 5) is 16.9. The molecule has 10 heteroatoms. The third kappa shape index (κ3) is 5.43. The first-order valence-corrected chi connectivity index (χ1v) is 11.4. The van der Waals surface area contributed by atoms with Gasteiger partial charge in [0.25, 0.3) is 0 Å². The van der Waals surface area contributed by atoms with Crippen LogP contribution in [-0.4, -0.2) is 26.8 Å². The summed E-state index contributed by atoms with van der Waals surface area (Å²) >= 11 is 4.29. The highest BCUT2D eigenvalue weighted by Crippen LogP contribution is 2.27. The molecule has 0 radical (unpaired) electrons. The molecule has 4 rings (SSSR count). The Morgan fingerprint density at radius 2 is 2.07 bits per heavy atom. The van der Waals surface area contributed by atoms with Crippen molar-refractivity contribution < 1.29 is 9.21 Å². The molecule has 0 aliphatic carbocycles. The molecular weight excluding hydrogens is 426 g/mol. The van der Waals surface area contributed by atoms with Gasteiger partial charge in [-0.05, 0) is 17.7 Å². The Kier molecular flexibility index (Phi) is 6.55. The summed E-state index contributed by atoms with van der Waals surface area (Å²) in [5.74, 6) is 0.990. The van der Waals surface area contributed by atoms with Crippen molar-refractivity contribution in [3.05, 3.63) is 76.6 Å². The molecule has 1 unspecified atom stereocenters. The van der Waals surface area contributed by atoms with Crippen LogP contribution in [0.2, 0.25) is 0 Å². The Morgan fingerprint density at radius 1 is 1.17 bits per heavy atom. The van der Waals surface area contributed by atoms with Gasteiger partial charge in [0.2, 0.25) is 11.0 Å². The van der Waals surface area contributed by atoms with Crippen molar-refractivity contribution in [3.63, 3.8) is 0 Å². The minimum atomic E-state index is -0.260. The number of hydrogen-bond donors (Lipinski definition) is 2. The third-order valence-electron chi connectivity index (χ3n) is 3.86. The number of hydrogen-bond acceptors (Lipinski definition) is 9. The Balaban J connectivity index is 1.32. The largest absolute Gasteiger partial charge is 0.467 e. The average molecular weight is 444 g/mol. The van der Waals surface area contributed by atoms with Gasteiger partial charge in [0.1, 0.15) is 16.8 Å². The Labute approximate surface area is 179 Å². The number of thioether (sulfide) groups is 1.